The minimum absolute atomic E-state index is 0.0495. The number of carbonyl (C=O) groups is 3. The molecule has 2 aliphatic rings. The molecule has 2 saturated heterocycles. The summed E-state index contributed by atoms with van der Waals surface area (Å²) < 4.78 is 50.9. The summed E-state index contributed by atoms with van der Waals surface area (Å²) in [6.07, 6.45) is 2.30. The molecule has 2 aromatic heterocycles. The van der Waals surface area contributed by atoms with E-state index in [1.54, 1.807) is 87.9 Å². The average molecular weight is 752 g/mol. The molecule has 4 heterocycles. The van der Waals surface area contributed by atoms with Gasteiger partial charge in [-0.25, -0.2) is 24.4 Å². The molecule has 2 aliphatic heterocycles. The fraction of sp³-hybridized carbons (Fsp3) is 0.459. The number of esters is 1. The number of nitrogens with zero attached hydrogens (tertiary/aromatic N) is 6. The van der Waals surface area contributed by atoms with Crippen molar-refractivity contribution in [1.29, 1.82) is 0 Å². The molecule has 2 atom stereocenters. The van der Waals surface area contributed by atoms with Crippen molar-refractivity contribution in [3.05, 3.63) is 70.3 Å². The van der Waals surface area contributed by atoms with E-state index < -0.39 is 30.3 Å². The molecular weight excluding hydrogens is 708 g/mol. The van der Waals surface area contributed by atoms with Crippen LogP contribution in [0.4, 0.5) is 24.3 Å². The van der Waals surface area contributed by atoms with E-state index in [1.165, 1.54) is 16.8 Å². The van der Waals surface area contributed by atoms with Gasteiger partial charge in [0, 0.05) is 50.2 Å². The lowest BCUT2D eigenvalue weighted by Gasteiger charge is -2.35. The molecule has 2 amide bonds. The van der Waals surface area contributed by atoms with Crippen LogP contribution in [0.25, 0.3) is 22.0 Å². The Bertz CT molecular complexity index is 2090. The van der Waals surface area contributed by atoms with E-state index in [0.29, 0.717) is 59.8 Å². The highest BCUT2D eigenvalue weighted by molar-refractivity contribution is 5.84. The zero-order chi connectivity index (χ0) is 38.9. The van der Waals surface area contributed by atoms with Gasteiger partial charge in [0.15, 0.2) is 0 Å². The van der Waals surface area contributed by atoms with Crippen molar-refractivity contribution < 1.29 is 42.1 Å². The molecule has 17 heteroatoms. The minimum atomic E-state index is -3.11. The van der Waals surface area contributed by atoms with E-state index >= 15 is 0 Å². The van der Waals surface area contributed by atoms with E-state index in [9.17, 15) is 28.0 Å². The normalized spacial score (nSPS) is 16.4. The number of cyclic esters (lactones) is 1. The van der Waals surface area contributed by atoms with Gasteiger partial charge in [-0.2, -0.15) is 8.78 Å². The second kappa shape index (κ2) is 15.3. The van der Waals surface area contributed by atoms with Crippen molar-refractivity contribution in [3.8, 4) is 16.9 Å². The molecule has 4 aromatic rings. The lowest BCUT2D eigenvalue weighted by atomic mass is 10.0. The first-order valence-corrected chi connectivity index (χ1v) is 17.5. The minimum Gasteiger partial charge on any atom is -0.459 e. The molecule has 15 nitrogen and oxygen atoms in total. The number of anilines is 1. The monoisotopic (exact) mass is 751 g/mol. The molecule has 54 heavy (non-hydrogen) atoms. The molecule has 0 saturated carbocycles. The first kappa shape index (κ1) is 38.0. The van der Waals surface area contributed by atoms with Gasteiger partial charge in [0.05, 0.1) is 23.5 Å². The van der Waals surface area contributed by atoms with Crippen LogP contribution in [0.15, 0.2) is 53.6 Å². The van der Waals surface area contributed by atoms with Gasteiger partial charge in [-0.3, -0.25) is 19.1 Å². The quantitative estimate of drug-likeness (QED) is 0.168. The molecular formula is C37H43F2N7O8. The Morgan fingerprint density at radius 3 is 2.46 bits per heavy atom. The van der Waals surface area contributed by atoms with Crippen LogP contribution >= 0.6 is 0 Å². The number of rotatable bonds is 11. The van der Waals surface area contributed by atoms with Gasteiger partial charge in [-0.1, -0.05) is 26.0 Å². The second-order valence-corrected chi connectivity index (χ2v) is 14.6. The number of piperazine rings is 1. The lowest BCUT2D eigenvalue weighted by molar-refractivity contribution is -0.148. The molecule has 2 fully saturated rings. The number of fused-ring (bicyclic) bond motifs is 2. The molecule has 0 bridgehead atoms. The highest BCUT2D eigenvalue weighted by Crippen LogP contribution is 2.28. The molecule has 288 valence electrons. The molecule has 0 aliphatic carbocycles. The van der Waals surface area contributed by atoms with Crippen molar-refractivity contribution in [3.63, 3.8) is 0 Å². The van der Waals surface area contributed by atoms with E-state index in [1.807, 2.05) is 4.90 Å². The lowest BCUT2D eigenvalue weighted by Crippen LogP contribution is -2.52. The highest BCUT2D eigenvalue weighted by Gasteiger charge is 2.38. The zero-order valence-electron chi connectivity index (χ0n) is 30.9. The molecule has 0 radical (unpaired) electrons. The average Bonchev–Trinajstić information content (AvgIpc) is 3.60. The van der Waals surface area contributed by atoms with Crippen molar-refractivity contribution >= 4 is 35.0 Å². The van der Waals surface area contributed by atoms with E-state index in [4.69, 9.17) is 18.9 Å². The number of aromatic nitrogens is 4. The standard InChI is InChI=1S/C37H43F2N7O8/c1-21(2)30(42-35(49)54-37(3,4)5)32(48)51-19-22-7-10-29(53-33(38)39)24(13-22)17-46-28-14-23(8-9-27(28)31(47)43(46)6)25-15-40-34(41-16-25)44-11-12-45-26(18-44)20-52-36(45)50/h7-10,13-16,21,26,30,33H,11-12,17-20H2,1-6H3,(H,42,49). The number of ether oxygens (including phenoxy) is 4. The number of benzene rings is 2. The molecule has 1 N–H and O–H groups in total. The summed E-state index contributed by atoms with van der Waals surface area (Å²) in [7, 11) is 1.58. The third-order valence-electron chi connectivity index (χ3n) is 9.17. The topological polar surface area (TPSA) is 159 Å². The van der Waals surface area contributed by atoms with Crippen LogP contribution < -0.4 is 20.5 Å². The fourth-order valence-electron chi connectivity index (χ4n) is 6.44. The van der Waals surface area contributed by atoms with Gasteiger partial charge in [0.2, 0.25) is 5.95 Å². The Labute approximate surface area is 309 Å². The van der Waals surface area contributed by atoms with Gasteiger partial charge in [-0.05, 0) is 62.1 Å². The summed E-state index contributed by atoms with van der Waals surface area (Å²) in [5.74, 6) is -0.616. The maximum absolute atomic E-state index is 13.5. The summed E-state index contributed by atoms with van der Waals surface area (Å²) in [4.78, 5) is 63.5. The van der Waals surface area contributed by atoms with E-state index in [2.05, 4.69) is 15.3 Å². The smallest absolute Gasteiger partial charge is 0.410 e. The number of halogens is 2. The van der Waals surface area contributed by atoms with Crippen molar-refractivity contribution in [2.45, 2.75) is 72.1 Å². The fourth-order valence-corrected chi connectivity index (χ4v) is 6.44. The van der Waals surface area contributed by atoms with Gasteiger partial charge < -0.3 is 29.2 Å². The van der Waals surface area contributed by atoms with Crippen LogP contribution in [0.1, 0.15) is 45.7 Å². The Balaban J connectivity index is 1.22. The molecule has 0 spiro atoms. The van der Waals surface area contributed by atoms with Crippen LogP contribution in [0.3, 0.4) is 0 Å². The maximum atomic E-state index is 13.5. The van der Waals surface area contributed by atoms with E-state index in [-0.39, 0.29) is 42.5 Å². The van der Waals surface area contributed by atoms with Gasteiger partial charge in [0.25, 0.3) is 5.56 Å². The summed E-state index contributed by atoms with van der Waals surface area (Å²) >= 11 is 0. The summed E-state index contributed by atoms with van der Waals surface area (Å²) in [5.41, 5.74) is 1.64. The van der Waals surface area contributed by atoms with Crippen LogP contribution in [0, 0.1) is 5.92 Å². The van der Waals surface area contributed by atoms with Crippen molar-refractivity contribution in [1.82, 2.24) is 29.5 Å². The Hall–Kier alpha value is -5.74. The maximum Gasteiger partial charge on any atom is 0.410 e. The number of nitrogens with one attached hydrogen (secondary N) is 1. The van der Waals surface area contributed by atoms with Gasteiger partial charge >= 0.3 is 24.8 Å². The number of carbonyl (C=O) groups excluding carboxylic acids is 3. The number of amides is 2. The van der Waals surface area contributed by atoms with Gasteiger partial charge in [0.1, 0.15) is 30.6 Å². The van der Waals surface area contributed by atoms with Crippen LogP contribution in [-0.2, 0) is 39.2 Å². The number of alkyl halides is 2. The second-order valence-electron chi connectivity index (χ2n) is 14.6. The largest absolute Gasteiger partial charge is 0.459 e. The molecule has 2 unspecified atom stereocenters. The Kier molecular flexibility index (Phi) is 10.8. The predicted molar refractivity (Wildman–Crippen MR) is 192 cm³/mol. The highest BCUT2D eigenvalue weighted by atomic mass is 19.3. The van der Waals surface area contributed by atoms with Crippen molar-refractivity contribution in [2.75, 3.05) is 31.1 Å². The Morgan fingerprint density at radius 2 is 1.78 bits per heavy atom. The van der Waals surface area contributed by atoms with E-state index in [0.717, 1.165) is 5.56 Å². The molecule has 6 rings (SSSR count). The summed E-state index contributed by atoms with van der Waals surface area (Å²) in [6.45, 7) is 7.18. The first-order chi connectivity index (χ1) is 25.6. The Morgan fingerprint density at radius 1 is 1.04 bits per heavy atom. The van der Waals surface area contributed by atoms with Gasteiger partial charge in [-0.15, -0.1) is 0 Å². The zero-order valence-corrected chi connectivity index (χ0v) is 30.9. The van der Waals surface area contributed by atoms with Crippen LogP contribution in [-0.4, -0.2) is 92.9 Å². The summed E-state index contributed by atoms with van der Waals surface area (Å²) in [5, 5.41) is 2.96. The third kappa shape index (κ3) is 8.39. The number of hydrogen-bond donors (Lipinski definition) is 1. The van der Waals surface area contributed by atoms with Crippen molar-refractivity contribution in [2.24, 2.45) is 13.0 Å². The number of hydrogen-bond acceptors (Lipinski definition) is 11. The SMILES string of the molecule is CC(C)C(NC(=O)OC(C)(C)C)C(=O)OCc1ccc(OC(F)F)c(Cn2c3cc(-c4cnc(N5CCN6C(=O)OCC6C5)nc4)ccc3c(=O)n2C)c1. The number of alkyl carbamates (subject to hydrolysis) is 1. The van der Waals surface area contributed by atoms with Crippen LogP contribution in [0.2, 0.25) is 0 Å². The summed E-state index contributed by atoms with van der Waals surface area (Å²) in [6, 6.07) is 8.65. The first-order valence-electron chi connectivity index (χ1n) is 17.5. The molecule has 2 aromatic carbocycles. The third-order valence-corrected chi connectivity index (χ3v) is 9.17. The predicted octanol–water partition coefficient (Wildman–Crippen LogP) is 4.68. The van der Waals surface area contributed by atoms with Crippen LogP contribution in [0.5, 0.6) is 5.75 Å².